The molecule has 3 nitrogen and oxygen atoms in total. The molecule has 6 heteroatoms. The lowest BCUT2D eigenvalue weighted by molar-refractivity contribution is -0.137. The maximum atomic E-state index is 13.4. The van der Waals surface area contributed by atoms with Crippen molar-refractivity contribution >= 4 is 5.69 Å². The van der Waals surface area contributed by atoms with Crippen molar-refractivity contribution in [3.8, 4) is 0 Å². The Bertz CT molecular complexity index is 851. The molecule has 1 aliphatic heterocycles. The van der Waals surface area contributed by atoms with Crippen molar-refractivity contribution in [2.75, 3.05) is 32.5 Å². The predicted molar refractivity (Wildman–Crippen MR) is 115 cm³/mol. The molecule has 1 saturated carbocycles. The number of rotatable bonds is 6. The van der Waals surface area contributed by atoms with E-state index in [-0.39, 0.29) is 23.9 Å². The van der Waals surface area contributed by atoms with Crippen molar-refractivity contribution in [1.29, 1.82) is 0 Å². The molecule has 2 N–H and O–H groups in total. The topological polar surface area (TPSA) is 27.3 Å². The molecule has 1 unspecified atom stereocenters. The smallest absolute Gasteiger partial charge is 0.378 e. The van der Waals surface area contributed by atoms with Crippen LogP contribution >= 0.6 is 0 Å². The standard InChI is InChI=1S/C24H30F3N3/c1-30(2)14-6-13-28-21-12-10-18-22(21)19-15-17(24(25,26)27)9-11-20(19)29-23(18)16-7-4-3-5-8-16/h3-5,7-9,11,15,18,21-23,28-29H,6,10,12-14H2,1-2H3/t18-,21+,22?,23-/m1/s1. The van der Waals surface area contributed by atoms with Crippen molar-refractivity contribution in [1.82, 2.24) is 10.2 Å². The van der Waals surface area contributed by atoms with Crippen LogP contribution in [0, 0.1) is 5.92 Å². The zero-order valence-electron chi connectivity index (χ0n) is 17.5. The van der Waals surface area contributed by atoms with E-state index in [2.05, 4.69) is 41.8 Å². The normalized spacial score (nSPS) is 25.7. The number of fused-ring (bicyclic) bond motifs is 3. The first-order chi connectivity index (χ1) is 14.3. The van der Waals surface area contributed by atoms with Crippen LogP contribution in [0.4, 0.5) is 18.9 Å². The van der Waals surface area contributed by atoms with E-state index in [1.807, 2.05) is 18.2 Å². The molecule has 2 aliphatic rings. The van der Waals surface area contributed by atoms with E-state index >= 15 is 0 Å². The molecule has 4 rings (SSSR count). The summed E-state index contributed by atoms with van der Waals surface area (Å²) < 4.78 is 40.3. The Morgan fingerprint density at radius 1 is 1.07 bits per heavy atom. The second-order valence-corrected chi connectivity index (χ2v) is 8.82. The second-order valence-electron chi connectivity index (χ2n) is 8.82. The van der Waals surface area contributed by atoms with E-state index in [9.17, 15) is 13.2 Å². The third-order valence-corrected chi connectivity index (χ3v) is 6.53. The highest BCUT2D eigenvalue weighted by Crippen LogP contribution is 2.53. The van der Waals surface area contributed by atoms with Gasteiger partial charge in [0, 0.05) is 17.6 Å². The van der Waals surface area contributed by atoms with Crippen molar-refractivity contribution in [2.45, 2.75) is 43.4 Å². The molecule has 1 fully saturated rings. The Morgan fingerprint density at radius 3 is 2.53 bits per heavy atom. The Hall–Kier alpha value is -2.05. The van der Waals surface area contributed by atoms with E-state index in [0.717, 1.165) is 43.6 Å². The van der Waals surface area contributed by atoms with Crippen LogP contribution < -0.4 is 10.6 Å². The van der Waals surface area contributed by atoms with E-state index < -0.39 is 11.7 Å². The fraction of sp³-hybridized carbons (Fsp3) is 0.500. The molecule has 1 heterocycles. The number of hydrogen-bond donors (Lipinski definition) is 2. The van der Waals surface area contributed by atoms with Crippen LogP contribution in [0.3, 0.4) is 0 Å². The molecule has 0 amide bonds. The molecule has 2 aromatic carbocycles. The number of nitrogens with zero attached hydrogens (tertiary/aromatic N) is 1. The Labute approximate surface area is 176 Å². The summed E-state index contributed by atoms with van der Waals surface area (Å²) in [7, 11) is 4.11. The first kappa shape index (κ1) is 21.2. The summed E-state index contributed by atoms with van der Waals surface area (Å²) in [5, 5.41) is 7.24. The summed E-state index contributed by atoms with van der Waals surface area (Å²) in [6.07, 6.45) is -1.32. The van der Waals surface area contributed by atoms with Gasteiger partial charge >= 0.3 is 6.18 Å². The van der Waals surface area contributed by atoms with Gasteiger partial charge in [-0.3, -0.25) is 0 Å². The molecule has 1 aliphatic carbocycles. The first-order valence-corrected chi connectivity index (χ1v) is 10.8. The monoisotopic (exact) mass is 417 g/mol. The van der Waals surface area contributed by atoms with Crippen molar-refractivity contribution in [3.63, 3.8) is 0 Å². The Morgan fingerprint density at radius 2 is 1.83 bits per heavy atom. The van der Waals surface area contributed by atoms with Crippen LogP contribution in [-0.4, -0.2) is 38.1 Å². The molecule has 2 aromatic rings. The summed E-state index contributed by atoms with van der Waals surface area (Å²) >= 11 is 0. The highest BCUT2D eigenvalue weighted by atomic mass is 19.4. The minimum atomic E-state index is -4.33. The van der Waals surface area contributed by atoms with Gasteiger partial charge < -0.3 is 15.5 Å². The third kappa shape index (κ3) is 4.35. The highest BCUT2D eigenvalue weighted by Gasteiger charge is 2.46. The van der Waals surface area contributed by atoms with Gasteiger partial charge in [-0.15, -0.1) is 0 Å². The van der Waals surface area contributed by atoms with Crippen molar-refractivity contribution in [2.24, 2.45) is 5.92 Å². The molecular formula is C24H30F3N3. The number of hydrogen-bond acceptors (Lipinski definition) is 3. The quantitative estimate of drug-likeness (QED) is 0.627. The summed E-state index contributed by atoms with van der Waals surface area (Å²) in [4.78, 5) is 2.15. The van der Waals surface area contributed by atoms with Crippen LogP contribution in [0.5, 0.6) is 0 Å². The van der Waals surface area contributed by atoms with Gasteiger partial charge in [0.2, 0.25) is 0 Å². The van der Waals surface area contributed by atoms with Gasteiger partial charge in [-0.05, 0) is 81.7 Å². The molecule has 30 heavy (non-hydrogen) atoms. The number of nitrogens with one attached hydrogen (secondary N) is 2. The number of alkyl halides is 3. The Kier molecular flexibility index (Phi) is 6.07. The van der Waals surface area contributed by atoms with Gasteiger partial charge in [-0.1, -0.05) is 30.3 Å². The summed E-state index contributed by atoms with van der Waals surface area (Å²) in [5.74, 6) is 0.350. The largest absolute Gasteiger partial charge is 0.416 e. The highest BCUT2D eigenvalue weighted by molar-refractivity contribution is 5.60. The average molecular weight is 418 g/mol. The van der Waals surface area contributed by atoms with Gasteiger partial charge in [0.15, 0.2) is 0 Å². The minimum absolute atomic E-state index is 0.0770. The first-order valence-electron chi connectivity index (χ1n) is 10.8. The fourth-order valence-corrected chi connectivity index (χ4v) is 5.17. The lowest BCUT2D eigenvalue weighted by Crippen LogP contribution is -2.39. The molecule has 162 valence electrons. The maximum Gasteiger partial charge on any atom is 0.416 e. The van der Waals surface area contributed by atoms with Crippen LogP contribution in [0.15, 0.2) is 48.5 Å². The van der Waals surface area contributed by atoms with Crippen LogP contribution in [0.1, 0.15) is 47.9 Å². The van der Waals surface area contributed by atoms with Gasteiger partial charge in [0.05, 0.1) is 11.6 Å². The van der Waals surface area contributed by atoms with E-state index in [0.29, 0.717) is 0 Å². The average Bonchev–Trinajstić information content (AvgIpc) is 3.14. The molecule has 0 saturated heterocycles. The lowest BCUT2D eigenvalue weighted by Gasteiger charge is -2.40. The molecular weight excluding hydrogens is 387 g/mol. The second kappa shape index (κ2) is 8.60. The van der Waals surface area contributed by atoms with Gasteiger partial charge in [0.25, 0.3) is 0 Å². The van der Waals surface area contributed by atoms with Crippen LogP contribution in [0.2, 0.25) is 0 Å². The molecule has 4 atom stereocenters. The third-order valence-electron chi connectivity index (χ3n) is 6.53. The molecule has 0 aromatic heterocycles. The zero-order valence-corrected chi connectivity index (χ0v) is 17.5. The molecule has 0 bridgehead atoms. The number of halogens is 3. The Balaban J connectivity index is 1.65. The molecule has 0 spiro atoms. The zero-order chi connectivity index (χ0) is 21.3. The number of benzene rings is 2. The summed E-state index contributed by atoms with van der Waals surface area (Å²) in [6, 6.07) is 14.8. The predicted octanol–water partition coefficient (Wildman–Crippen LogP) is 5.28. The van der Waals surface area contributed by atoms with Crippen molar-refractivity contribution in [3.05, 3.63) is 65.2 Å². The fourth-order valence-electron chi connectivity index (χ4n) is 5.17. The van der Waals surface area contributed by atoms with E-state index in [1.54, 1.807) is 6.07 Å². The van der Waals surface area contributed by atoms with Crippen molar-refractivity contribution < 1.29 is 13.2 Å². The maximum absolute atomic E-state index is 13.4. The van der Waals surface area contributed by atoms with Crippen LogP contribution in [-0.2, 0) is 6.18 Å². The van der Waals surface area contributed by atoms with Crippen LogP contribution in [0.25, 0.3) is 0 Å². The van der Waals surface area contributed by atoms with Gasteiger partial charge in [-0.25, -0.2) is 0 Å². The number of anilines is 1. The SMILES string of the molecule is CN(C)CCCN[C@H]1CC[C@@H]2C1c1cc(C(F)(F)F)ccc1N[C@@H]2c1ccccc1. The minimum Gasteiger partial charge on any atom is -0.378 e. The summed E-state index contributed by atoms with van der Waals surface area (Å²) in [5.41, 5.74) is 2.29. The van der Waals surface area contributed by atoms with E-state index in [4.69, 9.17) is 0 Å². The summed E-state index contributed by atoms with van der Waals surface area (Å²) in [6.45, 7) is 1.88. The van der Waals surface area contributed by atoms with E-state index in [1.165, 1.54) is 17.7 Å². The molecule has 0 radical (unpaired) electrons. The van der Waals surface area contributed by atoms with Gasteiger partial charge in [0.1, 0.15) is 0 Å². The lowest BCUT2D eigenvalue weighted by atomic mass is 9.75. The van der Waals surface area contributed by atoms with Gasteiger partial charge in [-0.2, -0.15) is 13.2 Å².